The first-order valence-corrected chi connectivity index (χ1v) is 6.58. The summed E-state index contributed by atoms with van der Waals surface area (Å²) in [5.41, 5.74) is 0. The highest BCUT2D eigenvalue weighted by atomic mass is 16.5. The molecule has 1 rings (SSSR count). The molecule has 19 heavy (non-hydrogen) atoms. The van der Waals surface area contributed by atoms with Crippen LogP contribution in [0.3, 0.4) is 0 Å². The molecule has 0 aliphatic carbocycles. The Morgan fingerprint density at radius 2 is 2.16 bits per heavy atom. The highest BCUT2D eigenvalue weighted by molar-refractivity contribution is 5.82. The standard InChI is InChI=1S/C13H21N3O3/c1-3-8-15(11-13(18)19-4-2)12(17)6-10-16-9-5-7-14-16/h5,7,9H,3-4,6,8,10-11H2,1-2H3. The number of carbonyl (C=O) groups is 2. The molecule has 0 unspecified atom stereocenters. The van der Waals surface area contributed by atoms with Gasteiger partial charge in [0.25, 0.3) is 0 Å². The average molecular weight is 267 g/mol. The van der Waals surface area contributed by atoms with Gasteiger partial charge in [0.1, 0.15) is 6.54 Å². The highest BCUT2D eigenvalue weighted by Crippen LogP contribution is 2.00. The van der Waals surface area contributed by atoms with E-state index < -0.39 is 0 Å². The third-order valence-electron chi connectivity index (χ3n) is 2.59. The second-order valence-corrected chi connectivity index (χ2v) is 4.14. The molecule has 6 heteroatoms. The topological polar surface area (TPSA) is 64.4 Å². The third kappa shape index (κ3) is 5.54. The van der Waals surface area contributed by atoms with Gasteiger partial charge in [0.05, 0.1) is 6.61 Å². The zero-order valence-corrected chi connectivity index (χ0v) is 11.5. The van der Waals surface area contributed by atoms with E-state index in [-0.39, 0.29) is 18.4 Å². The normalized spacial score (nSPS) is 10.2. The van der Waals surface area contributed by atoms with Gasteiger partial charge in [0.2, 0.25) is 5.91 Å². The molecule has 0 aromatic carbocycles. The molecule has 0 spiro atoms. The van der Waals surface area contributed by atoms with E-state index in [2.05, 4.69) is 5.10 Å². The predicted octanol–water partition coefficient (Wildman–Crippen LogP) is 1.07. The zero-order chi connectivity index (χ0) is 14.1. The van der Waals surface area contributed by atoms with Gasteiger partial charge in [-0.1, -0.05) is 6.92 Å². The van der Waals surface area contributed by atoms with Crippen LogP contribution in [0.25, 0.3) is 0 Å². The van der Waals surface area contributed by atoms with E-state index in [9.17, 15) is 9.59 Å². The Balaban J connectivity index is 2.45. The predicted molar refractivity (Wildman–Crippen MR) is 70.3 cm³/mol. The summed E-state index contributed by atoms with van der Waals surface area (Å²) in [4.78, 5) is 25.0. The molecule has 0 atom stereocenters. The molecule has 0 radical (unpaired) electrons. The molecule has 0 bridgehead atoms. The molecule has 0 saturated heterocycles. The summed E-state index contributed by atoms with van der Waals surface area (Å²) in [6.07, 6.45) is 4.63. The van der Waals surface area contributed by atoms with E-state index in [1.807, 2.05) is 19.2 Å². The minimum Gasteiger partial charge on any atom is -0.465 e. The fourth-order valence-corrected chi connectivity index (χ4v) is 1.73. The van der Waals surface area contributed by atoms with Crippen molar-refractivity contribution in [2.24, 2.45) is 0 Å². The first kappa shape index (κ1) is 15.2. The first-order valence-electron chi connectivity index (χ1n) is 6.58. The number of aryl methyl sites for hydroxylation is 1. The monoisotopic (exact) mass is 267 g/mol. The zero-order valence-electron chi connectivity index (χ0n) is 11.5. The second kappa shape index (κ2) is 8.29. The van der Waals surface area contributed by atoms with Crippen LogP contribution in [0.5, 0.6) is 0 Å². The molecule has 0 fully saturated rings. The lowest BCUT2D eigenvalue weighted by Crippen LogP contribution is -2.37. The average Bonchev–Trinajstić information content (AvgIpc) is 2.89. The van der Waals surface area contributed by atoms with E-state index in [1.54, 1.807) is 22.7 Å². The van der Waals surface area contributed by atoms with Gasteiger partial charge in [-0.3, -0.25) is 14.3 Å². The Morgan fingerprint density at radius 3 is 2.74 bits per heavy atom. The van der Waals surface area contributed by atoms with Crippen molar-refractivity contribution in [3.8, 4) is 0 Å². The van der Waals surface area contributed by atoms with Crippen LogP contribution in [0.15, 0.2) is 18.5 Å². The van der Waals surface area contributed by atoms with Crippen molar-refractivity contribution < 1.29 is 14.3 Å². The number of carbonyl (C=O) groups excluding carboxylic acids is 2. The molecule has 106 valence electrons. The first-order chi connectivity index (χ1) is 9.17. The van der Waals surface area contributed by atoms with Gasteiger partial charge in [0.15, 0.2) is 0 Å². The fraction of sp³-hybridized carbons (Fsp3) is 0.615. The van der Waals surface area contributed by atoms with E-state index in [0.29, 0.717) is 26.1 Å². The quantitative estimate of drug-likeness (QED) is 0.661. The maximum atomic E-state index is 12.0. The number of ether oxygens (including phenoxy) is 1. The molecule has 0 saturated carbocycles. The van der Waals surface area contributed by atoms with Crippen molar-refractivity contribution in [2.75, 3.05) is 19.7 Å². The summed E-state index contributed by atoms with van der Waals surface area (Å²) in [7, 11) is 0. The van der Waals surface area contributed by atoms with E-state index in [0.717, 1.165) is 6.42 Å². The van der Waals surface area contributed by atoms with Crippen LogP contribution in [0.2, 0.25) is 0 Å². The van der Waals surface area contributed by atoms with Gasteiger partial charge in [0, 0.05) is 31.9 Å². The van der Waals surface area contributed by atoms with Crippen molar-refractivity contribution >= 4 is 11.9 Å². The van der Waals surface area contributed by atoms with Crippen LogP contribution >= 0.6 is 0 Å². The Morgan fingerprint density at radius 1 is 1.37 bits per heavy atom. The Kier molecular flexibility index (Phi) is 6.63. The lowest BCUT2D eigenvalue weighted by Gasteiger charge is -2.21. The molecule has 1 amide bonds. The minimum absolute atomic E-state index is 0.0274. The summed E-state index contributed by atoms with van der Waals surface area (Å²) in [6, 6.07) is 1.81. The molecule has 0 aliphatic rings. The van der Waals surface area contributed by atoms with Gasteiger partial charge in [-0.2, -0.15) is 5.10 Å². The second-order valence-electron chi connectivity index (χ2n) is 4.14. The maximum absolute atomic E-state index is 12.0. The van der Waals surface area contributed by atoms with Crippen LogP contribution in [-0.2, 0) is 20.9 Å². The molecule has 0 N–H and O–H groups in total. The minimum atomic E-state index is -0.358. The van der Waals surface area contributed by atoms with Crippen LogP contribution in [0.1, 0.15) is 26.7 Å². The number of amides is 1. The molecular weight excluding hydrogens is 246 g/mol. The number of esters is 1. The van der Waals surface area contributed by atoms with Crippen LogP contribution < -0.4 is 0 Å². The number of hydrogen-bond acceptors (Lipinski definition) is 4. The summed E-state index contributed by atoms with van der Waals surface area (Å²) in [5.74, 6) is -0.409. The van der Waals surface area contributed by atoms with Crippen molar-refractivity contribution in [3.63, 3.8) is 0 Å². The summed E-state index contributed by atoms with van der Waals surface area (Å²) >= 11 is 0. The molecule has 1 aromatic heterocycles. The lowest BCUT2D eigenvalue weighted by atomic mass is 10.3. The van der Waals surface area contributed by atoms with Crippen molar-refractivity contribution in [2.45, 2.75) is 33.2 Å². The van der Waals surface area contributed by atoms with Gasteiger partial charge < -0.3 is 9.64 Å². The molecule has 0 aliphatic heterocycles. The SMILES string of the molecule is CCCN(CC(=O)OCC)C(=O)CCn1cccn1. The summed E-state index contributed by atoms with van der Waals surface area (Å²) in [6.45, 7) is 5.17. The Bertz CT molecular complexity index is 390. The van der Waals surface area contributed by atoms with Crippen molar-refractivity contribution in [3.05, 3.63) is 18.5 Å². The molecule has 1 heterocycles. The summed E-state index contributed by atoms with van der Waals surface area (Å²) < 4.78 is 6.57. The van der Waals surface area contributed by atoms with E-state index >= 15 is 0 Å². The maximum Gasteiger partial charge on any atom is 0.325 e. The van der Waals surface area contributed by atoms with Gasteiger partial charge in [-0.25, -0.2) is 0 Å². The third-order valence-corrected chi connectivity index (χ3v) is 2.59. The molecule has 6 nitrogen and oxygen atoms in total. The number of nitrogens with zero attached hydrogens (tertiary/aromatic N) is 3. The lowest BCUT2D eigenvalue weighted by molar-refractivity contribution is -0.149. The fourth-order valence-electron chi connectivity index (χ4n) is 1.73. The Hall–Kier alpha value is -1.85. The highest BCUT2D eigenvalue weighted by Gasteiger charge is 2.16. The Labute approximate surface area is 113 Å². The molecule has 1 aromatic rings. The number of rotatable bonds is 8. The smallest absolute Gasteiger partial charge is 0.325 e. The van der Waals surface area contributed by atoms with Crippen LogP contribution in [0.4, 0.5) is 0 Å². The van der Waals surface area contributed by atoms with E-state index in [1.165, 1.54) is 0 Å². The number of aromatic nitrogens is 2. The van der Waals surface area contributed by atoms with Crippen molar-refractivity contribution in [1.82, 2.24) is 14.7 Å². The van der Waals surface area contributed by atoms with Gasteiger partial charge in [-0.05, 0) is 19.4 Å². The van der Waals surface area contributed by atoms with Crippen LogP contribution in [0, 0.1) is 0 Å². The number of hydrogen-bond donors (Lipinski definition) is 0. The van der Waals surface area contributed by atoms with Crippen LogP contribution in [-0.4, -0.2) is 46.3 Å². The van der Waals surface area contributed by atoms with E-state index in [4.69, 9.17) is 4.74 Å². The molecular formula is C13H21N3O3. The van der Waals surface area contributed by atoms with Gasteiger partial charge >= 0.3 is 5.97 Å². The van der Waals surface area contributed by atoms with Gasteiger partial charge in [-0.15, -0.1) is 0 Å². The summed E-state index contributed by atoms with van der Waals surface area (Å²) in [5, 5.41) is 4.04. The van der Waals surface area contributed by atoms with Crippen molar-refractivity contribution in [1.29, 1.82) is 0 Å². The largest absolute Gasteiger partial charge is 0.465 e.